The molecule has 17 heavy (non-hydrogen) atoms. The summed E-state index contributed by atoms with van der Waals surface area (Å²) in [6, 6.07) is 13.1. The number of hydrogen-bond acceptors (Lipinski definition) is 0. The Labute approximate surface area is 106 Å². The molecule has 1 unspecified atom stereocenters. The predicted octanol–water partition coefficient (Wildman–Crippen LogP) is 3.55. The molecule has 0 radical (unpaired) electrons. The lowest BCUT2D eigenvalue weighted by molar-refractivity contribution is 1.23. The van der Waals surface area contributed by atoms with Crippen LogP contribution in [0, 0.1) is 27.7 Å². The first-order valence-corrected chi connectivity index (χ1v) is 6.99. The van der Waals surface area contributed by atoms with Crippen molar-refractivity contribution in [3.8, 4) is 0 Å². The van der Waals surface area contributed by atoms with Gasteiger partial charge in [-0.1, -0.05) is 45.0 Å². The fourth-order valence-electron chi connectivity index (χ4n) is 2.02. The van der Waals surface area contributed by atoms with Crippen LogP contribution in [0.4, 0.5) is 0 Å². The van der Waals surface area contributed by atoms with Crippen LogP contribution in [0.2, 0.25) is 0 Å². The Morgan fingerprint density at radius 3 is 2.06 bits per heavy atom. The van der Waals surface area contributed by atoms with E-state index in [0.717, 1.165) is 8.58 Å². The zero-order valence-electron chi connectivity index (χ0n) is 11.0. The van der Waals surface area contributed by atoms with Gasteiger partial charge in [-0.3, -0.25) is 0 Å². The van der Waals surface area contributed by atoms with E-state index in [0.29, 0.717) is 0 Å². The fraction of sp³-hybridized carbons (Fsp3) is 0.250. The molecule has 0 spiro atoms. The van der Waals surface area contributed by atoms with E-state index in [9.17, 15) is 0 Å². The molecule has 0 aromatic heterocycles. The average Bonchev–Trinajstić information content (AvgIpc) is 2.35. The van der Waals surface area contributed by atoms with Crippen molar-refractivity contribution in [2.45, 2.75) is 27.7 Å². The maximum absolute atomic E-state index is 2.35. The predicted molar refractivity (Wildman–Crippen MR) is 79.4 cm³/mol. The molecule has 0 saturated carbocycles. The molecule has 0 fully saturated rings. The maximum atomic E-state index is 2.35. The molecule has 0 aliphatic rings. The zero-order valence-corrected chi connectivity index (χ0v) is 12.0. The topological polar surface area (TPSA) is 0 Å². The lowest BCUT2D eigenvalue weighted by atomic mass is 10.00. The van der Waals surface area contributed by atoms with Crippen LogP contribution in [0.1, 0.15) is 22.3 Å². The van der Waals surface area contributed by atoms with E-state index in [1.807, 2.05) is 0 Å². The standard InChI is InChI=1S/C16H19P/c1-11-10-16(14(4)13(3)12(11)2)17-15-8-6-5-7-9-15/h5-10,17H,1-4H3. The van der Waals surface area contributed by atoms with Crippen LogP contribution in [0.3, 0.4) is 0 Å². The largest absolute Gasteiger partial charge is 0.0622 e. The number of rotatable bonds is 2. The second-order valence-electron chi connectivity index (χ2n) is 4.61. The Bertz CT molecular complexity index is 527. The third-order valence-corrected chi connectivity index (χ3v) is 4.94. The monoisotopic (exact) mass is 242 g/mol. The molecule has 0 aliphatic carbocycles. The van der Waals surface area contributed by atoms with Crippen molar-refractivity contribution in [3.63, 3.8) is 0 Å². The molecule has 1 atom stereocenters. The Morgan fingerprint density at radius 2 is 1.41 bits per heavy atom. The van der Waals surface area contributed by atoms with Gasteiger partial charge in [0.05, 0.1) is 0 Å². The van der Waals surface area contributed by atoms with Crippen LogP contribution in [0.5, 0.6) is 0 Å². The highest BCUT2D eigenvalue weighted by molar-refractivity contribution is 7.55. The van der Waals surface area contributed by atoms with Crippen molar-refractivity contribution in [2.24, 2.45) is 0 Å². The Morgan fingerprint density at radius 1 is 0.765 bits per heavy atom. The molecule has 2 aromatic rings. The fourth-order valence-corrected chi connectivity index (χ4v) is 3.35. The van der Waals surface area contributed by atoms with Crippen LogP contribution < -0.4 is 10.6 Å². The molecular formula is C16H19P. The number of aryl methyl sites for hydroxylation is 1. The molecule has 0 aliphatic heterocycles. The van der Waals surface area contributed by atoms with E-state index >= 15 is 0 Å². The van der Waals surface area contributed by atoms with Crippen molar-refractivity contribution in [1.29, 1.82) is 0 Å². The molecule has 0 nitrogen and oxygen atoms in total. The van der Waals surface area contributed by atoms with E-state index < -0.39 is 0 Å². The molecule has 2 rings (SSSR count). The molecule has 0 N–H and O–H groups in total. The molecule has 1 heteroatoms. The Kier molecular flexibility index (Phi) is 3.64. The highest BCUT2D eigenvalue weighted by atomic mass is 31.1. The van der Waals surface area contributed by atoms with Crippen molar-refractivity contribution in [1.82, 2.24) is 0 Å². The van der Waals surface area contributed by atoms with Crippen molar-refractivity contribution in [2.75, 3.05) is 0 Å². The van der Waals surface area contributed by atoms with E-state index in [4.69, 9.17) is 0 Å². The van der Waals surface area contributed by atoms with Gasteiger partial charge in [-0.05, 0) is 60.6 Å². The summed E-state index contributed by atoms with van der Waals surface area (Å²) in [5, 5.41) is 2.90. The van der Waals surface area contributed by atoms with Gasteiger partial charge in [-0.2, -0.15) is 0 Å². The molecule has 0 amide bonds. The number of hydrogen-bond donors (Lipinski definition) is 0. The lowest BCUT2D eigenvalue weighted by Gasteiger charge is -2.14. The summed E-state index contributed by atoms with van der Waals surface area (Å²) < 4.78 is 0. The molecule has 0 saturated heterocycles. The summed E-state index contributed by atoms with van der Waals surface area (Å²) in [5.41, 5.74) is 5.74. The van der Waals surface area contributed by atoms with Gasteiger partial charge < -0.3 is 0 Å². The van der Waals surface area contributed by atoms with Crippen LogP contribution in [0.25, 0.3) is 0 Å². The zero-order chi connectivity index (χ0) is 12.4. The first-order chi connectivity index (χ1) is 8.09. The minimum atomic E-state index is 0.765. The Hall–Kier alpha value is -1.13. The molecule has 2 aromatic carbocycles. The van der Waals surface area contributed by atoms with Gasteiger partial charge in [0.25, 0.3) is 0 Å². The van der Waals surface area contributed by atoms with Crippen LogP contribution in [-0.4, -0.2) is 0 Å². The van der Waals surface area contributed by atoms with Crippen LogP contribution in [0.15, 0.2) is 36.4 Å². The summed E-state index contributed by atoms with van der Waals surface area (Å²) in [7, 11) is 0.765. The van der Waals surface area contributed by atoms with Crippen LogP contribution >= 0.6 is 8.58 Å². The SMILES string of the molecule is Cc1cc(Pc2ccccc2)c(C)c(C)c1C. The van der Waals surface area contributed by atoms with Crippen molar-refractivity contribution >= 4 is 19.2 Å². The van der Waals surface area contributed by atoms with Gasteiger partial charge in [0.2, 0.25) is 0 Å². The van der Waals surface area contributed by atoms with Gasteiger partial charge in [0, 0.05) is 0 Å². The Balaban J connectivity index is 2.41. The summed E-state index contributed by atoms with van der Waals surface area (Å²) in [6.45, 7) is 8.90. The first kappa shape index (κ1) is 12.3. The minimum Gasteiger partial charge on any atom is -0.0622 e. The third kappa shape index (κ3) is 2.58. The second-order valence-corrected chi connectivity index (χ2v) is 5.97. The van der Waals surface area contributed by atoms with E-state index in [1.165, 1.54) is 32.9 Å². The van der Waals surface area contributed by atoms with Gasteiger partial charge in [0.15, 0.2) is 0 Å². The molecule has 0 heterocycles. The normalized spacial score (nSPS) is 11.3. The highest BCUT2D eigenvalue weighted by Gasteiger charge is 2.07. The van der Waals surface area contributed by atoms with Crippen molar-refractivity contribution < 1.29 is 0 Å². The molecule has 88 valence electrons. The average molecular weight is 242 g/mol. The minimum absolute atomic E-state index is 0.765. The summed E-state index contributed by atoms with van der Waals surface area (Å²) in [5.74, 6) is 0. The van der Waals surface area contributed by atoms with Gasteiger partial charge in [-0.15, -0.1) is 0 Å². The third-order valence-electron chi connectivity index (χ3n) is 3.53. The smallest absolute Gasteiger partial charge is 0.0192 e. The second kappa shape index (κ2) is 5.02. The van der Waals surface area contributed by atoms with E-state index in [1.54, 1.807) is 0 Å². The van der Waals surface area contributed by atoms with Gasteiger partial charge >= 0.3 is 0 Å². The summed E-state index contributed by atoms with van der Waals surface area (Å²) in [6.07, 6.45) is 0. The van der Waals surface area contributed by atoms with Crippen molar-refractivity contribution in [3.05, 3.63) is 58.7 Å². The summed E-state index contributed by atoms with van der Waals surface area (Å²) >= 11 is 0. The number of benzene rings is 2. The van der Waals surface area contributed by atoms with Gasteiger partial charge in [-0.25, -0.2) is 0 Å². The molecule has 0 bridgehead atoms. The quantitative estimate of drug-likeness (QED) is 0.706. The van der Waals surface area contributed by atoms with Crippen LogP contribution in [-0.2, 0) is 0 Å². The van der Waals surface area contributed by atoms with E-state index in [-0.39, 0.29) is 0 Å². The first-order valence-electron chi connectivity index (χ1n) is 5.99. The van der Waals surface area contributed by atoms with E-state index in [2.05, 4.69) is 64.1 Å². The lowest BCUT2D eigenvalue weighted by Crippen LogP contribution is -2.10. The summed E-state index contributed by atoms with van der Waals surface area (Å²) in [4.78, 5) is 0. The highest BCUT2D eigenvalue weighted by Crippen LogP contribution is 2.21. The molecular weight excluding hydrogens is 223 g/mol. The maximum Gasteiger partial charge on any atom is -0.0192 e. The van der Waals surface area contributed by atoms with Gasteiger partial charge in [0.1, 0.15) is 0 Å².